The molecule has 0 radical (unpaired) electrons. The second-order valence-corrected chi connectivity index (χ2v) is 5.97. The summed E-state index contributed by atoms with van der Waals surface area (Å²) >= 11 is 0. The molecule has 1 amide bonds. The van der Waals surface area contributed by atoms with Crippen molar-refractivity contribution in [3.63, 3.8) is 0 Å². The van der Waals surface area contributed by atoms with Gasteiger partial charge in [-0.15, -0.1) is 13.2 Å². The summed E-state index contributed by atoms with van der Waals surface area (Å²) in [5.74, 6) is -0.00873. The SMILES string of the molecule is CCOC(=O)N1CCN(CC(O)COc2ccc(OC(F)(F)F)cc2)CC1. The highest BCUT2D eigenvalue weighted by Crippen LogP contribution is 2.24. The predicted octanol–water partition coefficient (Wildman–Crippen LogP) is 2.10. The molecule has 0 spiro atoms. The molecule has 0 aliphatic carbocycles. The third-order valence-corrected chi connectivity index (χ3v) is 3.87. The van der Waals surface area contributed by atoms with E-state index in [0.717, 1.165) is 12.1 Å². The number of carbonyl (C=O) groups is 1. The first-order valence-electron chi connectivity index (χ1n) is 8.57. The van der Waals surface area contributed by atoms with E-state index in [0.29, 0.717) is 45.1 Å². The third kappa shape index (κ3) is 7.51. The summed E-state index contributed by atoms with van der Waals surface area (Å²) in [7, 11) is 0. The van der Waals surface area contributed by atoms with Gasteiger partial charge in [-0.2, -0.15) is 0 Å². The van der Waals surface area contributed by atoms with Gasteiger partial charge in [-0.25, -0.2) is 4.79 Å². The van der Waals surface area contributed by atoms with Crippen molar-refractivity contribution in [3.05, 3.63) is 24.3 Å². The zero-order valence-corrected chi connectivity index (χ0v) is 14.9. The quantitative estimate of drug-likeness (QED) is 0.766. The molecule has 1 fully saturated rings. The van der Waals surface area contributed by atoms with Gasteiger partial charge in [0, 0.05) is 32.7 Å². The molecule has 1 saturated heterocycles. The second-order valence-electron chi connectivity index (χ2n) is 5.97. The zero-order valence-electron chi connectivity index (χ0n) is 14.9. The third-order valence-electron chi connectivity index (χ3n) is 3.87. The zero-order chi connectivity index (χ0) is 19.9. The average Bonchev–Trinajstić information content (AvgIpc) is 2.61. The van der Waals surface area contributed by atoms with Crippen LogP contribution in [-0.2, 0) is 4.74 Å². The number of nitrogens with zero attached hydrogens (tertiary/aromatic N) is 2. The molecular weight excluding hydrogens is 369 g/mol. The van der Waals surface area contributed by atoms with Crippen molar-refractivity contribution in [2.45, 2.75) is 19.4 Å². The number of piperazine rings is 1. The Kier molecular flexibility index (Phi) is 7.55. The number of benzene rings is 1. The lowest BCUT2D eigenvalue weighted by atomic mass is 10.2. The van der Waals surface area contributed by atoms with Crippen LogP contribution in [0.25, 0.3) is 0 Å². The molecule has 1 aliphatic rings. The molecule has 27 heavy (non-hydrogen) atoms. The lowest BCUT2D eigenvalue weighted by molar-refractivity contribution is -0.274. The van der Waals surface area contributed by atoms with Crippen molar-refractivity contribution in [2.75, 3.05) is 45.9 Å². The van der Waals surface area contributed by atoms with E-state index in [9.17, 15) is 23.1 Å². The molecule has 1 atom stereocenters. The number of ether oxygens (including phenoxy) is 3. The molecule has 0 bridgehead atoms. The molecule has 1 aliphatic heterocycles. The molecular formula is C17H23F3N2O5. The molecule has 0 aromatic heterocycles. The summed E-state index contributed by atoms with van der Waals surface area (Å²) < 4.78 is 50.4. The molecule has 10 heteroatoms. The number of amides is 1. The van der Waals surface area contributed by atoms with E-state index in [1.165, 1.54) is 12.1 Å². The normalized spacial score (nSPS) is 16.7. The predicted molar refractivity (Wildman–Crippen MR) is 89.7 cm³/mol. The van der Waals surface area contributed by atoms with E-state index in [4.69, 9.17) is 9.47 Å². The van der Waals surface area contributed by atoms with Crippen LogP contribution >= 0.6 is 0 Å². The molecule has 1 unspecified atom stereocenters. The van der Waals surface area contributed by atoms with Gasteiger partial charge in [-0.3, -0.25) is 4.90 Å². The van der Waals surface area contributed by atoms with Gasteiger partial charge in [-0.1, -0.05) is 0 Å². The van der Waals surface area contributed by atoms with E-state index in [-0.39, 0.29) is 18.4 Å². The lowest BCUT2D eigenvalue weighted by Crippen LogP contribution is -2.51. The van der Waals surface area contributed by atoms with E-state index < -0.39 is 12.5 Å². The molecule has 7 nitrogen and oxygen atoms in total. The highest BCUT2D eigenvalue weighted by atomic mass is 19.4. The van der Waals surface area contributed by atoms with Gasteiger partial charge >= 0.3 is 12.5 Å². The minimum Gasteiger partial charge on any atom is -0.491 e. The van der Waals surface area contributed by atoms with Crippen LogP contribution < -0.4 is 9.47 Å². The Labute approximate surface area is 155 Å². The van der Waals surface area contributed by atoms with Gasteiger partial charge in [0.15, 0.2) is 0 Å². The Morgan fingerprint density at radius 2 is 1.74 bits per heavy atom. The van der Waals surface area contributed by atoms with Gasteiger partial charge in [0.2, 0.25) is 0 Å². The van der Waals surface area contributed by atoms with Crippen molar-refractivity contribution < 1.29 is 37.3 Å². The van der Waals surface area contributed by atoms with E-state index >= 15 is 0 Å². The number of hydrogen-bond acceptors (Lipinski definition) is 6. The van der Waals surface area contributed by atoms with Crippen LogP contribution in [0.4, 0.5) is 18.0 Å². The number of alkyl halides is 3. The van der Waals surface area contributed by atoms with Crippen molar-refractivity contribution in [1.29, 1.82) is 0 Å². The summed E-state index contributed by atoms with van der Waals surface area (Å²) in [4.78, 5) is 15.3. The number of carbonyl (C=O) groups excluding carboxylic acids is 1. The fourth-order valence-electron chi connectivity index (χ4n) is 2.61. The number of aliphatic hydroxyl groups is 1. The molecule has 1 N–H and O–H groups in total. The van der Waals surface area contributed by atoms with Crippen molar-refractivity contribution in [2.24, 2.45) is 0 Å². The lowest BCUT2D eigenvalue weighted by Gasteiger charge is -2.34. The average molecular weight is 392 g/mol. The first kappa shape index (κ1) is 21.1. The van der Waals surface area contributed by atoms with Gasteiger partial charge in [0.25, 0.3) is 0 Å². The number of hydrogen-bond donors (Lipinski definition) is 1. The maximum atomic E-state index is 12.1. The van der Waals surface area contributed by atoms with Crippen LogP contribution in [-0.4, -0.2) is 79.4 Å². The summed E-state index contributed by atoms with van der Waals surface area (Å²) in [6.07, 6.45) is -5.85. The Morgan fingerprint density at radius 3 is 2.30 bits per heavy atom. The summed E-state index contributed by atoms with van der Waals surface area (Å²) in [5, 5.41) is 10.1. The van der Waals surface area contributed by atoms with Gasteiger partial charge in [0.05, 0.1) is 6.61 Å². The summed E-state index contributed by atoms with van der Waals surface area (Å²) in [5.41, 5.74) is 0. The highest BCUT2D eigenvalue weighted by molar-refractivity contribution is 5.67. The number of halogens is 3. The Morgan fingerprint density at radius 1 is 1.15 bits per heavy atom. The minimum absolute atomic E-state index is 0.00242. The second kappa shape index (κ2) is 9.65. The van der Waals surface area contributed by atoms with Crippen LogP contribution in [0.3, 0.4) is 0 Å². The summed E-state index contributed by atoms with van der Waals surface area (Å²) in [6.45, 7) is 4.71. The molecule has 1 aromatic rings. The fourth-order valence-corrected chi connectivity index (χ4v) is 2.61. The van der Waals surface area contributed by atoms with Crippen LogP contribution in [0.15, 0.2) is 24.3 Å². The van der Waals surface area contributed by atoms with E-state index in [1.54, 1.807) is 11.8 Å². The Hall–Kier alpha value is -2.20. The minimum atomic E-state index is -4.74. The smallest absolute Gasteiger partial charge is 0.491 e. The molecule has 1 heterocycles. The fraction of sp³-hybridized carbons (Fsp3) is 0.588. The molecule has 1 aromatic carbocycles. The monoisotopic (exact) mass is 392 g/mol. The largest absolute Gasteiger partial charge is 0.573 e. The van der Waals surface area contributed by atoms with Crippen LogP contribution in [0.5, 0.6) is 11.5 Å². The molecule has 0 saturated carbocycles. The molecule has 152 valence electrons. The van der Waals surface area contributed by atoms with Gasteiger partial charge in [0.1, 0.15) is 24.2 Å². The van der Waals surface area contributed by atoms with Crippen molar-refractivity contribution >= 4 is 6.09 Å². The van der Waals surface area contributed by atoms with Crippen LogP contribution in [0, 0.1) is 0 Å². The maximum Gasteiger partial charge on any atom is 0.573 e. The number of rotatable bonds is 7. The van der Waals surface area contributed by atoms with Gasteiger partial charge < -0.3 is 24.2 Å². The standard InChI is InChI=1S/C17H23F3N2O5/c1-2-25-16(24)22-9-7-21(8-10-22)11-13(23)12-26-14-3-5-15(6-4-14)27-17(18,19)20/h3-6,13,23H,2,7-12H2,1H3. The maximum absolute atomic E-state index is 12.1. The van der Waals surface area contributed by atoms with Crippen molar-refractivity contribution in [1.82, 2.24) is 9.80 Å². The van der Waals surface area contributed by atoms with Crippen molar-refractivity contribution in [3.8, 4) is 11.5 Å². The topological polar surface area (TPSA) is 71.5 Å². The highest BCUT2D eigenvalue weighted by Gasteiger charge is 2.31. The molecule has 2 rings (SSSR count). The Balaban J connectivity index is 1.69. The van der Waals surface area contributed by atoms with Crippen LogP contribution in [0.2, 0.25) is 0 Å². The number of β-amino-alcohol motifs (C(OH)–C–C–N with tert-alkyl or cyclic N) is 1. The van der Waals surface area contributed by atoms with Crippen LogP contribution in [0.1, 0.15) is 6.92 Å². The Bertz CT molecular complexity index is 589. The first-order chi connectivity index (χ1) is 12.8. The van der Waals surface area contributed by atoms with E-state index in [1.807, 2.05) is 4.90 Å². The van der Waals surface area contributed by atoms with E-state index in [2.05, 4.69) is 4.74 Å². The number of aliphatic hydroxyl groups excluding tert-OH is 1. The first-order valence-corrected chi connectivity index (χ1v) is 8.57. The summed E-state index contributed by atoms with van der Waals surface area (Å²) in [6, 6.07) is 4.96. The van der Waals surface area contributed by atoms with Gasteiger partial charge in [-0.05, 0) is 31.2 Å².